The van der Waals surface area contributed by atoms with Crippen molar-refractivity contribution in [3.8, 4) is 11.3 Å². The topological polar surface area (TPSA) is 87.7 Å². The van der Waals surface area contributed by atoms with Gasteiger partial charge in [-0.15, -0.1) is 0 Å². The van der Waals surface area contributed by atoms with E-state index in [1.165, 1.54) is 0 Å². The van der Waals surface area contributed by atoms with Crippen molar-refractivity contribution in [2.45, 2.75) is 25.3 Å². The number of hydrogen-bond donors (Lipinski definition) is 0. The predicted molar refractivity (Wildman–Crippen MR) is 111 cm³/mol. The average Bonchev–Trinajstić information content (AvgIpc) is 3.43. The zero-order chi connectivity index (χ0) is 20.5. The molecule has 0 aliphatic carbocycles. The Kier molecular flexibility index (Phi) is 4.84. The molecule has 1 aliphatic heterocycles. The van der Waals surface area contributed by atoms with Crippen LogP contribution in [0.1, 0.15) is 35.1 Å². The van der Waals surface area contributed by atoms with Crippen LogP contribution in [0.15, 0.2) is 49.3 Å². The molecule has 30 heavy (non-hydrogen) atoms. The summed E-state index contributed by atoms with van der Waals surface area (Å²) >= 11 is 0. The molecular formula is C22H22N6O2. The highest BCUT2D eigenvalue weighted by atomic mass is 16.5. The van der Waals surface area contributed by atoms with E-state index in [2.05, 4.69) is 26.2 Å². The molecule has 0 unspecified atom stereocenters. The first-order valence-corrected chi connectivity index (χ1v) is 10.0. The molecule has 0 bridgehead atoms. The molecule has 8 heteroatoms. The summed E-state index contributed by atoms with van der Waals surface area (Å²) in [5.41, 5.74) is 3.95. The maximum Gasteiger partial charge on any atom is 0.188 e. The number of hydrogen-bond acceptors (Lipinski definition) is 6. The lowest BCUT2D eigenvalue weighted by Gasteiger charge is -2.22. The minimum absolute atomic E-state index is 0.0581. The molecule has 4 aromatic rings. The lowest BCUT2D eigenvalue weighted by molar-refractivity contribution is 0.0695. The molecule has 0 spiro atoms. The number of carbonyl (C=O) groups is 1. The third-order valence-electron chi connectivity index (χ3n) is 5.59. The number of aromatic nitrogens is 6. The number of Topliss-reactive ketones (excluding diaryl/α,β-unsaturated/α-hetero) is 1. The third kappa shape index (κ3) is 3.61. The second kappa shape index (κ2) is 7.79. The van der Waals surface area contributed by atoms with Crippen molar-refractivity contribution in [3.63, 3.8) is 0 Å². The minimum atomic E-state index is -0.0581. The van der Waals surface area contributed by atoms with E-state index in [0.717, 1.165) is 48.2 Å². The van der Waals surface area contributed by atoms with Gasteiger partial charge in [0.1, 0.15) is 5.69 Å². The van der Waals surface area contributed by atoms with Gasteiger partial charge in [0.05, 0.1) is 42.2 Å². The van der Waals surface area contributed by atoms with Gasteiger partial charge in [-0.25, -0.2) is 9.97 Å². The smallest absolute Gasteiger partial charge is 0.188 e. The molecule has 1 aliphatic rings. The summed E-state index contributed by atoms with van der Waals surface area (Å²) in [6.07, 6.45) is 9.24. The summed E-state index contributed by atoms with van der Waals surface area (Å²) in [5, 5.41) is 9.47. The first-order chi connectivity index (χ1) is 14.7. The summed E-state index contributed by atoms with van der Waals surface area (Å²) in [6, 6.07) is 8.26. The van der Waals surface area contributed by atoms with Gasteiger partial charge in [0.25, 0.3) is 0 Å². The summed E-state index contributed by atoms with van der Waals surface area (Å²) in [7, 11) is 1.96. The van der Waals surface area contributed by atoms with E-state index in [9.17, 15) is 4.79 Å². The summed E-state index contributed by atoms with van der Waals surface area (Å²) in [5.74, 6) is -0.0581. The predicted octanol–water partition coefficient (Wildman–Crippen LogP) is 3.00. The lowest BCUT2D eigenvalue weighted by Crippen LogP contribution is -2.18. The fraction of sp³-hybridized carbons (Fsp3) is 0.318. The van der Waals surface area contributed by atoms with Crippen LogP contribution in [0.25, 0.3) is 22.2 Å². The number of ether oxygens (including phenoxy) is 1. The molecule has 0 amide bonds. The number of aryl methyl sites for hydroxylation is 1. The van der Waals surface area contributed by atoms with Gasteiger partial charge in [0, 0.05) is 43.4 Å². The minimum Gasteiger partial charge on any atom is -0.381 e. The largest absolute Gasteiger partial charge is 0.381 e. The van der Waals surface area contributed by atoms with Gasteiger partial charge in [-0.2, -0.15) is 10.2 Å². The maximum atomic E-state index is 12.8. The quantitative estimate of drug-likeness (QED) is 0.477. The van der Waals surface area contributed by atoms with Gasteiger partial charge in [0.15, 0.2) is 5.78 Å². The van der Waals surface area contributed by atoms with Gasteiger partial charge >= 0.3 is 0 Å². The van der Waals surface area contributed by atoms with Crippen LogP contribution in [0.3, 0.4) is 0 Å². The average molecular weight is 402 g/mol. The first-order valence-electron chi connectivity index (χ1n) is 10.0. The number of nitrogens with zero attached hydrogens (tertiary/aromatic N) is 6. The maximum absolute atomic E-state index is 12.8. The van der Waals surface area contributed by atoms with Crippen molar-refractivity contribution in [2.75, 3.05) is 13.2 Å². The summed E-state index contributed by atoms with van der Waals surface area (Å²) in [6.45, 7) is 1.50. The van der Waals surface area contributed by atoms with Crippen LogP contribution in [0, 0.1) is 0 Å². The fourth-order valence-electron chi connectivity index (χ4n) is 3.89. The van der Waals surface area contributed by atoms with E-state index in [-0.39, 0.29) is 12.2 Å². The SMILES string of the molecule is Cn1cncc1-c1ccc2nnc(CC(=O)c3cn(C4CCOCC4)cn3)cc2c1. The number of benzene rings is 1. The van der Waals surface area contributed by atoms with E-state index in [1.54, 1.807) is 12.7 Å². The van der Waals surface area contributed by atoms with Crippen molar-refractivity contribution >= 4 is 16.7 Å². The van der Waals surface area contributed by atoms with Crippen LogP contribution in [0.5, 0.6) is 0 Å². The lowest BCUT2D eigenvalue weighted by atomic mass is 10.1. The second-order valence-electron chi connectivity index (χ2n) is 7.65. The molecule has 1 fully saturated rings. The molecule has 4 heterocycles. The highest BCUT2D eigenvalue weighted by Gasteiger charge is 2.18. The molecule has 0 N–H and O–H groups in total. The highest BCUT2D eigenvalue weighted by molar-refractivity contribution is 5.95. The molecule has 0 saturated carbocycles. The Morgan fingerprint density at radius 2 is 2.03 bits per heavy atom. The first kappa shape index (κ1) is 18.6. The van der Waals surface area contributed by atoms with Crippen molar-refractivity contribution in [2.24, 2.45) is 7.05 Å². The number of fused-ring (bicyclic) bond motifs is 1. The van der Waals surface area contributed by atoms with Gasteiger partial charge in [0.2, 0.25) is 0 Å². The molecule has 8 nitrogen and oxygen atoms in total. The Labute approximate surface area is 173 Å². The van der Waals surface area contributed by atoms with Crippen LogP contribution < -0.4 is 0 Å². The second-order valence-corrected chi connectivity index (χ2v) is 7.65. The number of carbonyl (C=O) groups excluding carboxylic acids is 1. The van der Waals surface area contributed by atoms with Crippen LogP contribution in [-0.2, 0) is 18.2 Å². The Morgan fingerprint density at radius 3 is 2.83 bits per heavy atom. The number of rotatable bonds is 5. The van der Waals surface area contributed by atoms with Crippen molar-refractivity contribution in [1.29, 1.82) is 0 Å². The zero-order valence-corrected chi connectivity index (χ0v) is 16.7. The van der Waals surface area contributed by atoms with Crippen LogP contribution >= 0.6 is 0 Å². The van der Waals surface area contributed by atoms with E-state index < -0.39 is 0 Å². The van der Waals surface area contributed by atoms with Crippen LogP contribution in [-0.4, -0.2) is 48.3 Å². The number of imidazole rings is 2. The van der Waals surface area contributed by atoms with E-state index in [1.807, 2.05) is 46.8 Å². The van der Waals surface area contributed by atoms with E-state index in [4.69, 9.17) is 4.74 Å². The van der Waals surface area contributed by atoms with Gasteiger partial charge in [-0.1, -0.05) is 6.07 Å². The Morgan fingerprint density at radius 1 is 1.17 bits per heavy atom. The Bertz CT molecular complexity index is 1210. The highest BCUT2D eigenvalue weighted by Crippen LogP contribution is 2.24. The standard InChI is InChI=1S/C22H22N6O2/c1-27-13-23-11-21(27)15-2-3-19-16(8-15)9-17(25-26-19)10-22(29)20-12-28(14-24-20)18-4-6-30-7-5-18/h2-3,8-9,11-14,18H,4-7,10H2,1H3. The van der Waals surface area contributed by atoms with E-state index in [0.29, 0.717) is 17.4 Å². The molecule has 5 rings (SSSR count). The normalized spacial score (nSPS) is 15.0. The molecule has 0 radical (unpaired) electrons. The molecule has 3 aromatic heterocycles. The van der Waals surface area contributed by atoms with Crippen LogP contribution in [0.4, 0.5) is 0 Å². The molecule has 152 valence electrons. The molecule has 1 aromatic carbocycles. The summed E-state index contributed by atoms with van der Waals surface area (Å²) in [4.78, 5) is 21.3. The Hall–Kier alpha value is -3.39. The fourth-order valence-corrected chi connectivity index (χ4v) is 3.89. The Balaban J connectivity index is 1.36. The molecule has 1 saturated heterocycles. The summed E-state index contributed by atoms with van der Waals surface area (Å²) < 4.78 is 9.40. The van der Waals surface area contributed by atoms with Gasteiger partial charge < -0.3 is 13.9 Å². The van der Waals surface area contributed by atoms with Crippen molar-refractivity contribution < 1.29 is 9.53 Å². The van der Waals surface area contributed by atoms with Crippen molar-refractivity contribution in [1.82, 2.24) is 29.3 Å². The van der Waals surface area contributed by atoms with Crippen molar-refractivity contribution in [3.05, 3.63) is 60.7 Å². The third-order valence-corrected chi connectivity index (χ3v) is 5.59. The molecule has 0 atom stereocenters. The van der Waals surface area contributed by atoms with E-state index >= 15 is 0 Å². The van der Waals surface area contributed by atoms with Crippen LogP contribution in [0.2, 0.25) is 0 Å². The zero-order valence-electron chi connectivity index (χ0n) is 16.7. The molecular weight excluding hydrogens is 380 g/mol. The van der Waals surface area contributed by atoms with Gasteiger partial charge in [-0.3, -0.25) is 4.79 Å². The monoisotopic (exact) mass is 402 g/mol. The van der Waals surface area contributed by atoms with Gasteiger partial charge in [-0.05, 0) is 31.0 Å². The number of ketones is 1.